The monoisotopic (exact) mass is 684 g/mol. The lowest BCUT2D eigenvalue weighted by atomic mass is 9.98. The van der Waals surface area contributed by atoms with Crippen molar-refractivity contribution in [1.29, 1.82) is 0 Å². The Morgan fingerprint density at radius 1 is 0.667 bits per heavy atom. The minimum atomic E-state index is -0.994. The molecule has 3 unspecified atom stereocenters. The number of carboxylic acid groups (broad SMARTS) is 1. The van der Waals surface area contributed by atoms with Crippen LogP contribution in [0.25, 0.3) is 11.1 Å². The second kappa shape index (κ2) is 17.7. The first-order chi connectivity index (χ1) is 24.9. The van der Waals surface area contributed by atoms with Crippen molar-refractivity contribution in [2.75, 3.05) is 6.54 Å². The number of aliphatic hydroxyl groups excluding tert-OH is 1. The molecule has 0 aliphatic carbocycles. The zero-order valence-electron chi connectivity index (χ0n) is 28.6. The molecule has 1 aliphatic heterocycles. The van der Waals surface area contributed by atoms with Crippen molar-refractivity contribution in [2.45, 2.75) is 64.0 Å². The van der Waals surface area contributed by atoms with Crippen molar-refractivity contribution in [3.63, 3.8) is 0 Å². The normalized spacial score (nSPS) is 17.3. The molecule has 1 aliphatic rings. The Hall–Kier alpha value is -5.12. The lowest BCUT2D eigenvalue weighted by Gasteiger charge is -2.38. The average molecular weight is 685 g/mol. The zero-order valence-corrected chi connectivity index (χ0v) is 28.6. The van der Waals surface area contributed by atoms with E-state index in [1.165, 1.54) is 11.1 Å². The SMILES string of the molecule is O=C(O)CCC(=O)NCc1cccc(-c2cccc(C3OC(CN(Cc4ccccc4)Cc4ccccc4)CC(c4ccc(CO)cc4)O3)c2)c1. The predicted octanol–water partition coefficient (Wildman–Crippen LogP) is 7.57. The Morgan fingerprint density at radius 2 is 1.29 bits per heavy atom. The number of carboxylic acids is 1. The van der Waals surface area contributed by atoms with Crippen molar-refractivity contribution >= 4 is 11.9 Å². The summed E-state index contributed by atoms with van der Waals surface area (Å²) < 4.78 is 13.5. The van der Waals surface area contributed by atoms with Gasteiger partial charge >= 0.3 is 5.97 Å². The maximum Gasteiger partial charge on any atom is 0.303 e. The van der Waals surface area contributed by atoms with E-state index in [9.17, 15) is 14.7 Å². The van der Waals surface area contributed by atoms with Crippen LogP contribution in [0.4, 0.5) is 0 Å². The van der Waals surface area contributed by atoms with Crippen molar-refractivity contribution in [2.24, 2.45) is 0 Å². The van der Waals surface area contributed by atoms with E-state index in [4.69, 9.17) is 14.6 Å². The molecule has 0 spiro atoms. The number of hydrogen-bond acceptors (Lipinski definition) is 6. The van der Waals surface area contributed by atoms with Gasteiger partial charge in [0.05, 0.1) is 25.2 Å². The molecule has 3 N–H and O–H groups in total. The van der Waals surface area contributed by atoms with Crippen molar-refractivity contribution in [1.82, 2.24) is 10.2 Å². The van der Waals surface area contributed by atoms with Crippen LogP contribution in [0.3, 0.4) is 0 Å². The number of carbonyl (C=O) groups excluding carboxylic acids is 1. The Kier molecular flexibility index (Phi) is 12.4. The zero-order chi connectivity index (χ0) is 35.4. The molecule has 0 aromatic heterocycles. The highest BCUT2D eigenvalue weighted by atomic mass is 16.7. The minimum absolute atomic E-state index is 0.0147. The van der Waals surface area contributed by atoms with Gasteiger partial charge in [0.2, 0.25) is 5.91 Å². The summed E-state index contributed by atoms with van der Waals surface area (Å²) in [7, 11) is 0. The summed E-state index contributed by atoms with van der Waals surface area (Å²) in [5.41, 5.74) is 8.15. The first-order valence-corrected chi connectivity index (χ1v) is 17.4. The first kappa shape index (κ1) is 35.7. The summed E-state index contributed by atoms with van der Waals surface area (Å²) >= 11 is 0. The van der Waals surface area contributed by atoms with E-state index in [-0.39, 0.29) is 37.6 Å². The summed E-state index contributed by atoms with van der Waals surface area (Å²) in [6, 6.07) is 45.1. The highest BCUT2D eigenvalue weighted by Gasteiger charge is 2.33. The Labute approximate surface area is 299 Å². The van der Waals surface area contributed by atoms with Gasteiger partial charge in [-0.2, -0.15) is 0 Å². The second-order valence-electron chi connectivity index (χ2n) is 13.0. The van der Waals surface area contributed by atoms with E-state index in [0.29, 0.717) is 19.5 Å². The van der Waals surface area contributed by atoms with Crippen molar-refractivity contribution < 1.29 is 29.3 Å². The van der Waals surface area contributed by atoms with E-state index in [1.54, 1.807) is 0 Å². The van der Waals surface area contributed by atoms with Crippen LogP contribution < -0.4 is 5.32 Å². The van der Waals surface area contributed by atoms with Gasteiger partial charge in [0.25, 0.3) is 0 Å². The van der Waals surface area contributed by atoms with Crippen LogP contribution in [0, 0.1) is 0 Å². The molecular weight excluding hydrogens is 640 g/mol. The Bertz CT molecular complexity index is 1820. The van der Waals surface area contributed by atoms with Gasteiger partial charge in [-0.05, 0) is 51.1 Å². The van der Waals surface area contributed by atoms with Gasteiger partial charge in [-0.15, -0.1) is 0 Å². The van der Waals surface area contributed by atoms with Gasteiger partial charge in [-0.3, -0.25) is 14.5 Å². The molecule has 1 saturated heterocycles. The van der Waals surface area contributed by atoms with Crippen LogP contribution in [0.2, 0.25) is 0 Å². The third-order valence-corrected chi connectivity index (χ3v) is 9.05. The molecule has 5 aromatic rings. The second-order valence-corrected chi connectivity index (χ2v) is 13.0. The molecule has 262 valence electrons. The minimum Gasteiger partial charge on any atom is -0.481 e. The fraction of sp³-hybridized carbons (Fsp3) is 0.256. The van der Waals surface area contributed by atoms with E-state index in [1.807, 2.05) is 78.9 Å². The lowest BCUT2D eigenvalue weighted by Crippen LogP contribution is -2.39. The summed E-state index contributed by atoms with van der Waals surface area (Å²) in [4.78, 5) is 25.4. The van der Waals surface area contributed by atoms with Crippen LogP contribution >= 0.6 is 0 Å². The third kappa shape index (κ3) is 10.4. The van der Waals surface area contributed by atoms with Crippen LogP contribution in [0.5, 0.6) is 0 Å². The molecule has 51 heavy (non-hydrogen) atoms. The molecule has 1 fully saturated rings. The van der Waals surface area contributed by atoms with Crippen LogP contribution in [-0.4, -0.2) is 39.6 Å². The third-order valence-electron chi connectivity index (χ3n) is 9.05. The van der Waals surface area contributed by atoms with E-state index in [2.05, 4.69) is 64.8 Å². The maximum absolute atomic E-state index is 12.1. The van der Waals surface area contributed by atoms with Gasteiger partial charge in [0, 0.05) is 44.6 Å². The Balaban J connectivity index is 1.23. The van der Waals surface area contributed by atoms with Crippen LogP contribution in [0.15, 0.2) is 133 Å². The van der Waals surface area contributed by atoms with Crippen molar-refractivity contribution in [3.8, 4) is 11.1 Å². The van der Waals surface area contributed by atoms with Gasteiger partial charge in [-0.25, -0.2) is 0 Å². The van der Waals surface area contributed by atoms with Gasteiger partial charge < -0.3 is 25.0 Å². The molecule has 0 bridgehead atoms. The molecule has 0 radical (unpaired) electrons. The molecule has 1 heterocycles. The number of rotatable bonds is 15. The fourth-order valence-corrected chi connectivity index (χ4v) is 6.42. The quantitative estimate of drug-likeness (QED) is 0.104. The molecule has 0 saturated carbocycles. The fourth-order valence-electron chi connectivity index (χ4n) is 6.42. The molecular formula is C43H44N2O6. The summed E-state index contributed by atoms with van der Waals surface area (Å²) in [6.45, 7) is 2.56. The number of hydrogen-bond donors (Lipinski definition) is 3. The number of nitrogens with zero attached hydrogens (tertiary/aromatic N) is 1. The molecule has 6 rings (SSSR count). The summed E-state index contributed by atoms with van der Waals surface area (Å²) in [5, 5.41) is 21.3. The summed E-state index contributed by atoms with van der Waals surface area (Å²) in [6.07, 6.45) is -0.531. The smallest absolute Gasteiger partial charge is 0.303 e. The molecule has 5 aromatic carbocycles. The number of aliphatic carboxylic acids is 1. The highest BCUT2D eigenvalue weighted by Crippen LogP contribution is 2.39. The maximum atomic E-state index is 12.1. The number of ether oxygens (including phenoxy) is 2. The molecule has 8 heteroatoms. The van der Waals surface area contributed by atoms with E-state index in [0.717, 1.165) is 46.5 Å². The Morgan fingerprint density at radius 3 is 1.94 bits per heavy atom. The number of aliphatic hydroxyl groups is 1. The highest BCUT2D eigenvalue weighted by molar-refractivity contribution is 5.80. The number of benzene rings is 5. The lowest BCUT2D eigenvalue weighted by molar-refractivity contribution is -0.253. The van der Waals surface area contributed by atoms with Crippen molar-refractivity contribution in [3.05, 3.63) is 167 Å². The van der Waals surface area contributed by atoms with E-state index < -0.39 is 12.3 Å². The van der Waals surface area contributed by atoms with Crippen LogP contribution in [0.1, 0.15) is 65.0 Å². The topological polar surface area (TPSA) is 108 Å². The number of carbonyl (C=O) groups is 2. The first-order valence-electron chi connectivity index (χ1n) is 17.4. The van der Waals surface area contributed by atoms with Gasteiger partial charge in [-0.1, -0.05) is 121 Å². The predicted molar refractivity (Wildman–Crippen MR) is 196 cm³/mol. The molecule has 3 atom stereocenters. The molecule has 1 amide bonds. The molecule has 8 nitrogen and oxygen atoms in total. The van der Waals surface area contributed by atoms with Crippen LogP contribution in [-0.2, 0) is 45.3 Å². The van der Waals surface area contributed by atoms with Gasteiger partial charge in [0.1, 0.15) is 0 Å². The largest absolute Gasteiger partial charge is 0.481 e. The summed E-state index contributed by atoms with van der Waals surface area (Å²) in [5.74, 6) is -1.29. The average Bonchev–Trinajstić information content (AvgIpc) is 3.17. The van der Waals surface area contributed by atoms with Gasteiger partial charge in [0.15, 0.2) is 6.29 Å². The van der Waals surface area contributed by atoms with E-state index >= 15 is 0 Å². The number of nitrogens with one attached hydrogen (secondary N) is 1. The standard InChI is InChI=1S/C43H44N2O6/c46-30-33-17-19-35(20-18-33)40-25-39(29-45(27-31-9-3-1-4-10-31)28-32-11-5-2-6-12-32)50-43(51-40)38-16-8-15-37(24-38)36-14-7-13-34(23-36)26-44-41(47)21-22-42(48)49/h1-20,23-24,39-40,43,46H,21-22,25-30H2,(H,44,47)(H,48,49). The number of amides is 1.